The minimum Gasteiger partial charge on any atom is -0.337 e. The Hall–Kier alpha value is -0.830. The molecule has 0 radical (unpaired) electrons. The van der Waals surface area contributed by atoms with Crippen molar-refractivity contribution < 1.29 is 0 Å². The molecule has 0 bridgehead atoms. The molecular formula is C11H21N3. The van der Waals surface area contributed by atoms with Crippen molar-refractivity contribution in [3.8, 4) is 0 Å². The zero-order valence-electron chi connectivity index (χ0n) is 9.62. The van der Waals surface area contributed by atoms with E-state index in [9.17, 15) is 0 Å². The van der Waals surface area contributed by atoms with Crippen LogP contribution < -0.4 is 5.32 Å². The standard InChI is InChI=1S/C11H21N3/c1-5-10(9(2)3)13-8-11-12-6-7-14(11)4/h6-7,9-10,13H,5,8H2,1-4H3. The molecule has 0 aliphatic rings. The van der Waals surface area contributed by atoms with E-state index in [2.05, 4.69) is 35.6 Å². The summed E-state index contributed by atoms with van der Waals surface area (Å²) in [5.74, 6) is 1.78. The Morgan fingerprint density at radius 1 is 1.50 bits per heavy atom. The van der Waals surface area contributed by atoms with E-state index in [1.807, 2.05) is 19.4 Å². The number of hydrogen-bond donors (Lipinski definition) is 1. The highest BCUT2D eigenvalue weighted by Gasteiger charge is 2.10. The van der Waals surface area contributed by atoms with Gasteiger partial charge in [-0.2, -0.15) is 0 Å². The first-order valence-corrected chi connectivity index (χ1v) is 5.34. The van der Waals surface area contributed by atoms with E-state index in [1.165, 1.54) is 6.42 Å². The average molecular weight is 195 g/mol. The monoisotopic (exact) mass is 195 g/mol. The number of imidazole rings is 1. The maximum atomic E-state index is 4.28. The van der Waals surface area contributed by atoms with Gasteiger partial charge in [0.2, 0.25) is 0 Å². The molecule has 1 N–H and O–H groups in total. The van der Waals surface area contributed by atoms with Crippen LogP contribution in [0, 0.1) is 5.92 Å². The first-order chi connectivity index (χ1) is 6.65. The third-order valence-corrected chi connectivity index (χ3v) is 2.69. The summed E-state index contributed by atoms with van der Waals surface area (Å²) >= 11 is 0. The van der Waals surface area contributed by atoms with Crippen LogP contribution in [0.4, 0.5) is 0 Å². The van der Waals surface area contributed by atoms with Gasteiger partial charge in [-0.15, -0.1) is 0 Å². The van der Waals surface area contributed by atoms with Crippen LogP contribution in [0.3, 0.4) is 0 Å². The Balaban J connectivity index is 2.43. The lowest BCUT2D eigenvalue weighted by molar-refractivity contribution is 0.381. The van der Waals surface area contributed by atoms with E-state index in [0.717, 1.165) is 12.4 Å². The van der Waals surface area contributed by atoms with Crippen LogP contribution >= 0.6 is 0 Å². The third-order valence-electron chi connectivity index (χ3n) is 2.69. The molecule has 3 nitrogen and oxygen atoms in total. The topological polar surface area (TPSA) is 29.9 Å². The first-order valence-electron chi connectivity index (χ1n) is 5.34. The molecule has 3 heteroatoms. The normalized spacial score (nSPS) is 13.5. The summed E-state index contributed by atoms with van der Waals surface area (Å²) in [5.41, 5.74) is 0. The zero-order chi connectivity index (χ0) is 10.6. The molecule has 0 aromatic carbocycles. The van der Waals surface area contributed by atoms with E-state index >= 15 is 0 Å². The summed E-state index contributed by atoms with van der Waals surface area (Å²) in [4.78, 5) is 4.28. The molecule has 1 aromatic rings. The Kier molecular flexibility index (Phi) is 4.14. The van der Waals surface area contributed by atoms with Crippen LogP contribution in [0.5, 0.6) is 0 Å². The van der Waals surface area contributed by atoms with Gasteiger partial charge >= 0.3 is 0 Å². The largest absolute Gasteiger partial charge is 0.337 e. The quantitative estimate of drug-likeness (QED) is 0.778. The van der Waals surface area contributed by atoms with Crippen LogP contribution in [-0.2, 0) is 13.6 Å². The molecule has 0 saturated carbocycles. The summed E-state index contributed by atoms with van der Waals surface area (Å²) in [6.07, 6.45) is 4.99. The molecule has 80 valence electrons. The Morgan fingerprint density at radius 3 is 2.64 bits per heavy atom. The van der Waals surface area contributed by atoms with E-state index < -0.39 is 0 Å². The van der Waals surface area contributed by atoms with Gasteiger partial charge in [0, 0.05) is 25.5 Å². The van der Waals surface area contributed by atoms with Crippen molar-refractivity contribution in [2.45, 2.75) is 39.8 Å². The Labute approximate surface area is 86.5 Å². The second-order valence-electron chi connectivity index (χ2n) is 4.09. The molecule has 0 aliphatic heterocycles. The Bertz CT molecular complexity index is 265. The van der Waals surface area contributed by atoms with E-state index in [-0.39, 0.29) is 0 Å². The molecular weight excluding hydrogens is 174 g/mol. The lowest BCUT2D eigenvalue weighted by Crippen LogP contribution is -2.33. The number of aromatic nitrogens is 2. The first kappa shape index (κ1) is 11.2. The second-order valence-corrected chi connectivity index (χ2v) is 4.09. The molecule has 1 heterocycles. The average Bonchev–Trinajstić information content (AvgIpc) is 2.52. The molecule has 0 saturated heterocycles. The SMILES string of the molecule is CCC(NCc1nccn1C)C(C)C. The van der Waals surface area contributed by atoms with Crippen LogP contribution in [-0.4, -0.2) is 15.6 Å². The highest BCUT2D eigenvalue weighted by atomic mass is 15.1. The maximum absolute atomic E-state index is 4.28. The maximum Gasteiger partial charge on any atom is 0.122 e. The molecule has 0 amide bonds. The van der Waals surface area contributed by atoms with Crippen molar-refractivity contribution in [2.75, 3.05) is 0 Å². The van der Waals surface area contributed by atoms with Crippen molar-refractivity contribution in [3.63, 3.8) is 0 Å². The van der Waals surface area contributed by atoms with Gasteiger partial charge in [0.05, 0.1) is 6.54 Å². The van der Waals surface area contributed by atoms with Crippen LogP contribution in [0.2, 0.25) is 0 Å². The lowest BCUT2D eigenvalue weighted by Gasteiger charge is -2.20. The van der Waals surface area contributed by atoms with Gasteiger partial charge in [-0.05, 0) is 12.3 Å². The van der Waals surface area contributed by atoms with Crippen LogP contribution in [0.25, 0.3) is 0 Å². The summed E-state index contributed by atoms with van der Waals surface area (Å²) in [6, 6.07) is 0.590. The molecule has 1 aromatic heterocycles. The molecule has 0 spiro atoms. The predicted octanol–water partition coefficient (Wildman–Crippen LogP) is 1.94. The fraction of sp³-hybridized carbons (Fsp3) is 0.727. The number of hydrogen-bond acceptors (Lipinski definition) is 2. The summed E-state index contributed by atoms with van der Waals surface area (Å²) < 4.78 is 2.06. The van der Waals surface area contributed by atoms with Crippen molar-refractivity contribution >= 4 is 0 Å². The van der Waals surface area contributed by atoms with Gasteiger partial charge in [-0.3, -0.25) is 0 Å². The van der Waals surface area contributed by atoms with E-state index in [4.69, 9.17) is 0 Å². The van der Waals surface area contributed by atoms with Crippen molar-refractivity contribution in [1.29, 1.82) is 0 Å². The third kappa shape index (κ3) is 2.84. The summed E-state index contributed by atoms with van der Waals surface area (Å²) in [5, 5.41) is 3.53. The molecule has 1 unspecified atom stereocenters. The van der Waals surface area contributed by atoms with Gasteiger partial charge in [-0.1, -0.05) is 20.8 Å². The second kappa shape index (κ2) is 5.15. The minimum atomic E-state index is 0.590. The van der Waals surface area contributed by atoms with Crippen LogP contribution in [0.15, 0.2) is 12.4 Å². The molecule has 0 fully saturated rings. The van der Waals surface area contributed by atoms with Crippen molar-refractivity contribution in [2.24, 2.45) is 13.0 Å². The number of rotatable bonds is 5. The lowest BCUT2D eigenvalue weighted by atomic mass is 10.0. The van der Waals surface area contributed by atoms with E-state index in [1.54, 1.807) is 0 Å². The van der Waals surface area contributed by atoms with Gasteiger partial charge < -0.3 is 9.88 Å². The number of aryl methyl sites for hydroxylation is 1. The van der Waals surface area contributed by atoms with Gasteiger partial charge in [0.1, 0.15) is 5.82 Å². The van der Waals surface area contributed by atoms with Gasteiger partial charge in [0.15, 0.2) is 0 Å². The van der Waals surface area contributed by atoms with Gasteiger partial charge in [0.25, 0.3) is 0 Å². The fourth-order valence-corrected chi connectivity index (χ4v) is 1.64. The number of nitrogens with zero attached hydrogens (tertiary/aromatic N) is 2. The summed E-state index contributed by atoms with van der Waals surface area (Å²) in [6.45, 7) is 7.58. The number of nitrogens with one attached hydrogen (secondary N) is 1. The molecule has 1 atom stereocenters. The van der Waals surface area contributed by atoms with Gasteiger partial charge in [-0.25, -0.2) is 4.98 Å². The molecule has 1 rings (SSSR count). The highest BCUT2D eigenvalue weighted by molar-refractivity contribution is 4.91. The van der Waals surface area contributed by atoms with Crippen molar-refractivity contribution in [1.82, 2.24) is 14.9 Å². The zero-order valence-corrected chi connectivity index (χ0v) is 9.62. The Morgan fingerprint density at radius 2 is 2.21 bits per heavy atom. The molecule has 0 aliphatic carbocycles. The van der Waals surface area contributed by atoms with E-state index in [0.29, 0.717) is 12.0 Å². The summed E-state index contributed by atoms with van der Waals surface area (Å²) in [7, 11) is 2.03. The highest BCUT2D eigenvalue weighted by Crippen LogP contribution is 2.06. The predicted molar refractivity (Wildman–Crippen MR) is 59.0 cm³/mol. The fourth-order valence-electron chi connectivity index (χ4n) is 1.64. The van der Waals surface area contributed by atoms with Crippen LogP contribution in [0.1, 0.15) is 33.0 Å². The minimum absolute atomic E-state index is 0.590. The van der Waals surface area contributed by atoms with Crippen molar-refractivity contribution in [3.05, 3.63) is 18.2 Å². The smallest absolute Gasteiger partial charge is 0.122 e. The molecule has 14 heavy (non-hydrogen) atoms.